The fourth-order valence-electron chi connectivity index (χ4n) is 3.75. The van der Waals surface area contributed by atoms with Crippen LogP contribution in [0.15, 0.2) is 0 Å². The summed E-state index contributed by atoms with van der Waals surface area (Å²) in [6, 6.07) is 2.84. The molecule has 25 heavy (non-hydrogen) atoms. The lowest BCUT2D eigenvalue weighted by Gasteiger charge is -2.38. The molecule has 0 saturated heterocycles. The molecule has 0 N–H and O–H groups in total. The smallest absolute Gasteiger partial charge is 0.186 e. The third kappa shape index (κ3) is 11.6. The first-order chi connectivity index (χ1) is 12.0. The van der Waals surface area contributed by atoms with Crippen LogP contribution in [0.3, 0.4) is 0 Å². The normalized spacial score (nSPS) is 13.2. The zero-order valence-electron chi connectivity index (χ0n) is 18.6. The van der Waals surface area contributed by atoms with Gasteiger partial charge < -0.3 is 4.43 Å². The topological polar surface area (TPSA) is 15.7 Å². The summed E-state index contributed by atoms with van der Waals surface area (Å²) in [5, 5.41) is 0. The van der Waals surface area contributed by atoms with Gasteiger partial charge in [-0.2, -0.15) is 0 Å². The van der Waals surface area contributed by atoms with Crippen LogP contribution in [0.4, 0.5) is 0 Å². The summed E-state index contributed by atoms with van der Waals surface area (Å²) < 4.78 is 5.63. The van der Waals surface area contributed by atoms with E-state index in [1.54, 1.807) is 0 Å². The highest BCUT2D eigenvalue weighted by molar-refractivity contribution is 6.71. The zero-order valence-corrected chi connectivity index (χ0v) is 21.0. The van der Waals surface area contributed by atoms with Gasteiger partial charge in [-0.3, -0.25) is 9.80 Å². The van der Waals surface area contributed by atoms with E-state index in [2.05, 4.69) is 50.6 Å². The van der Waals surface area contributed by atoms with Gasteiger partial charge in [0.25, 0.3) is 0 Å². The van der Waals surface area contributed by atoms with E-state index in [0.717, 1.165) is 5.79 Å². The largest absolute Gasteiger partial charge is 0.420 e. The van der Waals surface area contributed by atoms with Crippen LogP contribution in [0.1, 0.15) is 66.2 Å². The van der Waals surface area contributed by atoms with Crippen molar-refractivity contribution in [1.29, 1.82) is 0 Å². The van der Waals surface area contributed by atoms with Gasteiger partial charge in [-0.25, -0.2) is 0 Å². The van der Waals surface area contributed by atoms with Crippen molar-refractivity contribution in [2.24, 2.45) is 0 Å². The number of hydrogen-bond donors (Lipinski definition) is 0. The highest BCUT2D eigenvalue weighted by Crippen LogP contribution is 2.17. The van der Waals surface area contributed by atoms with Gasteiger partial charge in [-0.1, -0.05) is 72.3 Å². The average molecular weight is 389 g/mol. The maximum Gasteiger partial charge on any atom is 0.186 e. The van der Waals surface area contributed by atoms with Crippen molar-refractivity contribution >= 4 is 17.8 Å². The molecule has 0 saturated carbocycles. The van der Waals surface area contributed by atoms with E-state index in [-0.39, 0.29) is 9.52 Å². The van der Waals surface area contributed by atoms with E-state index < -0.39 is 8.32 Å². The lowest BCUT2D eigenvalue weighted by atomic mass is 10.1. The molecule has 0 aliphatic rings. The molecule has 5 heteroatoms. The van der Waals surface area contributed by atoms with Gasteiger partial charge in [-0.15, -0.1) is 0 Å². The Morgan fingerprint density at radius 1 is 0.760 bits per heavy atom. The lowest BCUT2D eigenvalue weighted by molar-refractivity contribution is 0.114. The molecule has 0 amide bonds. The molecule has 0 fully saturated rings. The maximum absolute atomic E-state index is 5.63. The molecule has 0 heterocycles. The Morgan fingerprint density at radius 2 is 1.20 bits per heavy atom. The number of rotatable bonds is 17. The number of nitrogens with zero attached hydrogens (tertiary/aromatic N) is 2. The molecular weight excluding hydrogens is 340 g/mol. The van der Waals surface area contributed by atoms with Crippen molar-refractivity contribution in [2.75, 3.05) is 33.3 Å². The number of unbranched alkanes of at least 4 members (excludes halogenated alkanes) is 5. The molecule has 152 valence electrons. The lowest BCUT2D eigenvalue weighted by Crippen LogP contribution is -2.51. The summed E-state index contributed by atoms with van der Waals surface area (Å²) >= 11 is 0. The minimum absolute atomic E-state index is 0.0384. The Bertz CT molecular complexity index is 283. The van der Waals surface area contributed by atoms with Crippen LogP contribution in [0.2, 0.25) is 25.2 Å². The van der Waals surface area contributed by atoms with Crippen molar-refractivity contribution in [3.8, 4) is 0 Å². The quantitative estimate of drug-likeness (QED) is 0.203. The molecule has 0 aliphatic carbocycles. The zero-order chi connectivity index (χ0) is 19.1. The molecule has 0 aromatic rings. The van der Waals surface area contributed by atoms with E-state index in [1.807, 2.05) is 7.11 Å². The summed E-state index contributed by atoms with van der Waals surface area (Å²) in [4.78, 5) is 5.39. The first kappa shape index (κ1) is 25.3. The van der Waals surface area contributed by atoms with Crippen LogP contribution in [-0.2, 0) is 4.43 Å². The molecule has 3 nitrogen and oxygen atoms in total. The summed E-state index contributed by atoms with van der Waals surface area (Å²) in [5.41, 5.74) is 0. The van der Waals surface area contributed by atoms with Crippen LogP contribution in [0.25, 0.3) is 0 Å². The molecule has 0 bridgehead atoms. The first-order valence-corrected chi connectivity index (χ1v) is 15.9. The van der Waals surface area contributed by atoms with Crippen LogP contribution in [-0.4, -0.2) is 66.7 Å². The highest BCUT2D eigenvalue weighted by atomic mass is 28.4. The second kappa shape index (κ2) is 15.4. The van der Waals surface area contributed by atoms with Gasteiger partial charge in [0, 0.05) is 12.9 Å². The van der Waals surface area contributed by atoms with Gasteiger partial charge in [0.15, 0.2) is 8.32 Å². The number of hydrogen-bond acceptors (Lipinski definition) is 3. The monoisotopic (exact) mass is 388 g/mol. The minimum Gasteiger partial charge on any atom is -0.420 e. The Hall–Kier alpha value is 0.314. The molecule has 0 spiro atoms. The minimum atomic E-state index is -1.31. The van der Waals surface area contributed by atoms with E-state index in [4.69, 9.17) is 4.43 Å². The predicted octanol–water partition coefficient (Wildman–Crippen LogP) is 4.73. The van der Waals surface area contributed by atoms with Crippen molar-refractivity contribution in [2.45, 2.75) is 97.2 Å². The Balaban J connectivity index is 3.88. The third-order valence-electron chi connectivity index (χ3n) is 5.76. The molecular formula is C20H48N2OSi2. The molecule has 0 rings (SSSR count). The van der Waals surface area contributed by atoms with Crippen LogP contribution in [0, 0.1) is 0 Å². The summed E-state index contributed by atoms with van der Waals surface area (Å²) in [6.45, 7) is 18.8. The second-order valence-electron chi connectivity index (χ2n) is 7.90. The van der Waals surface area contributed by atoms with Crippen LogP contribution in [0.5, 0.6) is 0 Å². The Kier molecular flexibility index (Phi) is 15.6. The summed E-state index contributed by atoms with van der Waals surface area (Å²) in [6.07, 6.45) is 8.53. The predicted molar refractivity (Wildman–Crippen MR) is 120 cm³/mol. The Labute approximate surface area is 162 Å². The maximum atomic E-state index is 5.63. The highest BCUT2D eigenvalue weighted by Gasteiger charge is 2.21. The van der Waals surface area contributed by atoms with E-state index in [0.29, 0.717) is 0 Å². The molecule has 0 aromatic carbocycles. The van der Waals surface area contributed by atoms with Crippen molar-refractivity contribution in [3.05, 3.63) is 0 Å². The van der Waals surface area contributed by atoms with Crippen molar-refractivity contribution in [1.82, 2.24) is 9.80 Å². The fourth-order valence-corrected chi connectivity index (χ4v) is 7.83. The molecule has 0 aliphatic heterocycles. The standard InChI is InChI=1S/C20H48N2OSi2/c1-8-21(9-2)20(22(10-3)11-4)24-18-16-14-12-13-15-17-19-25(6,7)23-5/h20H,8-19,24H2,1-7H3. The van der Waals surface area contributed by atoms with Crippen LogP contribution < -0.4 is 0 Å². The third-order valence-corrected chi connectivity index (χ3v) is 10.9. The second-order valence-corrected chi connectivity index (χ2v) is 14.3. The molecule has 0 radical (unpaired) electrons. The van der Waals surface area contributed by atoms with Gasteiger partial charge in [-0.05, 0) is 45.3 Å². The molecule has 0 aromatic heterocycles. The van der Waals surface area contributed by atoms with E-state index in [1.165, 1.54) is 76.8 Å². The summed E-state index contributed by atoms with van der Waals surface area (Å²) in [5.74, 6) is 0.784. The van der Waals surface area contributed by atoms with Gasteiger partial charge in [0.1, 0.15) is 0 Å². The first-order valence-electron chi connectivity index (χ1n) is 11.0. The van der Waals surface area contributed by atoms with Crippen LogP contribution >= 0.6 is 0 Å². The van der Waals surface area contributed by atoms with Gasteiger partial charge in [0.05, 0.1) is 9.52 Å². The average Bonchev–Trinajstić information content (AvgIpc) is 2.61. The van der Waals surface area contributed by atoms with Gasteiger partial charge >= 0.3 is 0 Å². The van der Waals surface area contributed by atoms with Crippen molar-refractivity contribution < 1.29 is 4.43 Å². The van der Waals surface area contributed by atoms with Gasteiger partial charge in [0.2, 0.25) is 0 Å². The molecule has 0 unspecified atom stereocenters. The SMILES string of the molecule is CCN(CC)C([SiH2]CCCCCCCC[Si](C)(C)OC)N(CC)CC. The fraction of sp³-hybridized carbons (Fsp3) is 1.00. The summed E-state index contributed by atoms with van der Waals surface area (Å²) in [7, 11) is 0.539. The van der Waals surface area contributed by atoms with E-state index >= 15 is 0 Å². The van der Waals surface area contributed by atoms with E-state index in [9.17, 15) is 0 Å². The molecule has 0 atom stereocenters. The Morgan fingerprint density at radius 3 is 1.64 bits per heavy atom. The van der Waals surface area contributed by atoms with Crippen molar-refractivity contribution in [3.63, 3.8) is 0 Å².